The first kappa shape index (κ1) is 55.5. The van der Waals surface area contributed by atoms with E-state index in [9.17, 15) is 0 Å². The summed E-state index contributed by atoms with van der Waals surface area (Å²) in [5.74, 6) is 0. The first-order chi connectivity index (χ1) is 26.3. The summed E-state index contributed by atoms with van der Waals surface area (Å²) < 4.78 is 0. The monoisotopic (exact) mass is 810 g/mol. The van der Waals surface area contributed by atoms with Crippen molar-refractivity contribution >= 4 is 21.5 Å². The summed E-state index contributed by atoms with van der Waals surface area (Å²) in [6.07, 6.45) is 2.07. The molecule has 55 heavy (non-hydrogen) atoms. The Balaban J connectivity index is -0.00000105. The molecule has 0 saturated heterocycles. The quantitative estimate of drug-likeness (QED) is 0.120. The van der Waals surface area contributed by atoms with Gasteiger partial charge in [-0.3, -0.25) is 0 Å². The van der Waals surface area contributed by atoms with Crippen LogP contribution in [-0.2, 0) is 45.6 Å². The molecule has 0 aliphatic heterocycles. The fourth-order valence-electron chi connectivity index (χ4n) is 5.69. The van der Waals surface area contributed by atoms with Crippen molar-refractivity contribution in [1.82, 2.24) is 0 Å². The van der Waals surface area contributed by atoms with Gasteiger partial charge in [0.15, 0.2) is 0 Å². The number of aryl methyl sites for hydroxylation is 1. The van der Waals surface area contributed by atoms with Crippen molar-refractivity contribution in [3.8, 4) is 22.3 Å². The molecule has 0 N–H and O–H groups in total. The molecule has 0 fully saturated rings. The summed E-state index contributed by atoms with van der Waals surface area (Å²) in [4.78, 5) is 0. The Kier molecular flexibility index (Phi) is 36.2. The van der Waals surface area contributed by atoms with Crippen molar-refractivity contribution in [2.45, 2.75) is 103 Å². The van der Waals surface area contributed by atoms with Gasteiger partial charge in [0.1, 0.15) is 0 Å². The average Bonchev–Trinajstić information content (AvgIpc) is 3.29. The minimum absolute atomic E-state index is 0. The molecule has 0 atom stereocenters. The Morgan fingerprint density at radius 3 is 0.964 bits per heavy atom. The predicted octanol–water partition coefficient (Wildman–Crippen LogP) is 17.8. The zero-order valence-corrected chi connectivity index (χ0v) is 39.9. The third kappa shape index (κ3) is 17.2. The van der Waals surface area contributed by atoms with E-state index in [-0.39, 0.29) is 40.1 Å². The Morgan fingerprint density at radius 1 is 0.309 bits per heavy atom. The first-order valence-corrected chi connectivity index (χ1v) is 20.5. The molecule has 293 valence electrons. The van der Waals surface area contributed by atoms with Gasteiger partial charge in [0.05, 0.1) is 0 Å². The van der Waals surface area contributed by atoms with Crippen LogP contribution in [0.25, 0.3) is 43.8 Å². The van der Waals surface area contributed by atoms with Crippen molar-refractivity contribution in [1.29, 1.82) is 0 Å². The molecule has 0 saturated carbocycles. The van der Waals surface area contributed by atoms with E-state index in [4.69, 9.17) is 0 Å². The molecule has 0 nitrogen and oxygen atoms in total. The predicted molar refractivity (Wildman–Crippen MR) is 252 cm³/mol. The van der Waals surface area contributed by atoms with E-state index in [1.165, 1.54) is 60.5 Å². The van der Waals surface area contributed by atoms with Crippen LogP contribution in [-0.4, -0.2) is 0 Å². The Morgan fingerprint density at radius 2 is 0.600 bits per heavy atom. The van der Waals surface area contributed by atoms with Crippen LogP contribution in [0.5, 0.6) is 0 Å². The van der Waals surface area contributed by atoms with Gasteiger partial charge in [-0.2, -0.15) is 0 Å². The molecule has 0 aromatic heterocycles. The summed E-state index contributed by atoms with van der Waals surface area (Å²) in [6.45, 7) is 26.2. The number of hydrogen-bond donors (Lipinski definition) is 0. The molecule has 7 aromatic rings. The first-order valence-electron chi connectivity index (χ1n) is 20.5. The zero-order valence-electron chi connectivity index (χ0n) is 37.1. The van der Waals surface area contributed by atoms with Crippen molar-refractivity contribution in [2.75, 3.05) is 0 Å². The summed E-state index contributed by atoms with van der Waals surface area (Å²) in [5.41, 5.74) is 9.22. The van der Waals surface area contributed by atoms with Gasteiger partial charge in [0.25, 0.3) is 0 Å². The van der Waals surface area contributed by atoms with Crippen molar-refractivity contribution in [3.05, 3.63) is 188 Å². The molecule has 0 amide bonds. The van der Waals surface area contributed by atoms with Gasteiger partial charge in [-0.25, -0.2) is 0 Å². The number of hydrogen-bond acceptors (Lipinski definition) is 0. The average molecular weight is 811 g/mol. The van der Waals surface area contributed by atoms with Crippen molar-refractivity contribution in [2.24, 2.45) is 0 Å². The van der Waals surface area contributed by atoms with Gasteiger partial charge in [-0.05, 0) is 73.3 Å². The molecular formula is C54H73Y-. The van der Waals surface area contributed by atoms with E-state index in [1.807, 2.05) is 89.2 Å². The molecule has 0 aliphatic rings. The van der Waals surface area contributed by atoms with Crippen LogP contribution in [0.15, 0.2) is 164 Å². The molecule has 7 rings (SSSR count). The normalized spacial score (nSPS) is 8.67. The molecule has 1 radical (unpaired) electrons. The molecule has 0 heterocycles. The van der Waals surface area contributed by atoms with Crippen LogP contribution < -0.4 is 0 Å². The van der Waals surface area contributed by atoms with Gasteiger partial charge >= 0.3 is 0 Å². The molecule has 1 heteroatoms. The molecule has 0 bridgehead atoms. The van der Waals surface area contributed by atoms with Crippen LogP contribution in [0.3, 0.4) is 0 Å². The van der Waals surface area contributed by atoms with Crippen LogP contribution in [0.4, 0.5) is 0 Å². The van der Waals surface area contributed by atoms with Crippen LogP contribution in [0, 0.1) is 7.43 Å². The maximum atomic E-state index is 2.28. The fraction of sp³-hybridized carbons (Fsp3) is 0.278. The maximum absolute atomic E-state index is 2.28. The second-order valence-corrected chi connectivity index (χ2v) is 10.4. The van der Waals surface area contributed by atoms with E-state index in [0.29, 0.717) is 0 Å². The molecular weight excluding hydrogens is 737 g/mol. The Bertz CT molecular complexity index is 1800. The summed E-state index contributed by atoms with van der Waals surface area (Å²) in [5, 5.41) is 5.30. The summed E-state index contributed by atoms with van der Waals surface area (Å²) >= 11 is 0. The molecule has 0 unspecified atom stereocenters. The van der Waals surface area contributed by atoms with Gasteiger partial charge in [-0.1, -0.05) is 254 Å². The summed E-state index contributed by atoms with van der Waals surface area (Å²) in [7, 11) is 0. The third-order valence-electron chi connectivity index (χ3n) is 7.80. The van der Waals surface area contributed by atoms with Gasteiger partial charge in [-0.15, -0.1) is 0 Å². The van der Waals surface area contributed by atoms with E-state index in [1.54, 1.807) is 0 Å². The Hall–Kier alpha value is -3.84. The third-order valence-corrected chi connectivity index (χ3v) is 7.80. The van der Waals surface area contributed by atoms with Gasteiger partial charge in [0, 0.05) is 32.7 Å². The van der Waals surface area contributed by atoms with Crippen LogP contribution >= 0.6 is 0 Å². The van der Waals surface area contributed by atoms with E-state index in [2.05, 4.69) is 165 Å². The van der Waals surface area contributed by atoms with E-state index >= 15 is 0 Å². The van der Waals surface area contributed by atoms with Gasteiger partial charge in [0.2, 0.25) is 0 Å². The number of fused-ring (bicyclic) bond motifs is 2. The molecule has 7 aromatic carbocycles. The number of rotatable bonds is 5. The SMILES string of the molecule is CC.CC.CC.CC.CC.CC.CCc1ccccc1.[CH3-].[Y].c1ccc(Cc2c3ccccc3c(-c3ccc(-c4ccccc4)cc3)c3ccccc23)cc1. The number of benzene rings is 7. The Labute approximate surface area is 364 Å². The summed E-state index contributed by atoms with van der Waals surface area (Å²) in [6, 6.07) is 58.6. The standard InChI is InChI=1S/C33H24.C8H10.6C2H6.CH3.Y/c1-3-11-24(12-4-1)23-32-28-15-7-9-17-30(28)33(31-18-10-8-16-29(31)32)27-21-19-26(20-22-27)25-13-5-2-6-14-25;1-2-8-6-4-3-5-7-8;6*1-2;;/h1-22H,23H2;3-7H,2H2,1H3;6*1-2H3;1H3;/q;;;;;;;;-1;. The molecule has 0 spiro atoms. The minimum Gasteiger partial charge on any atom is -0.358 e. The second kappa shape index (κ2) is 35.8. The van der Waals surface area contributed by atoms with Gasteiger partial charge < -0.3 is 7.43 Å². The smallest absolute Gasteiger partial charge is 0 e. The second-order valence-electron chi connectivity index (χ2n) is 10.4. The van der Waals surface area contributed by atoms with E-state index < -0.39 is 0 Å². The van der Waals surface area contributed by atoms with E-state index in [0.717, 1.165) is 12.8 Å². The zero-order chi connectivity index (χ0) is 39.9. The largest absolute Gasteiger partial charge is 0.358 e. The van der Waals surface area contributed by atoms with Crippen LogP contribution in [0.2, 0.25) is 0 Å². The van der Waals surface area contributed by atoms with Crippen molar-refractivity contribution < 1.29 is 32.7 Å². The fourth-order valence-corrected chi connectivity index (χ4v) is 5.69. The molecule has 0 aliphatic carbocycles. The minimum atomic E-state index is 0. The van der Waals surface area contributed by atoms with Crippen LogP contribution in [0.1, 0.15) is 107 Å². The maximum Gasteiger partial charge on any atom is 0 e. The van der Waals surface area contributed by atoms with Crippen molar-refractivity contribution in [3.63, 3.8) is 0 Å². The topological polar surface area (TPSA) is 0 Å².